The van der Waals surface area contributed by atoms with Crippen LogP contribution in [-0.2, 0) is 14.3 Å². The Labute approximate surface area is 180 Å². The SMILES string of the molecule is COC(=O)/C=C1/S/C(=N\N=Cc2cc(OC)c(OC3CCCC3)cc2Br)NC1=O. The van der Waals surface area contributed by atoms with Gasteiger partial charge in [0.2, 0.25) is 0 Å². The molecular weight excluding hydrogens is 462 g/mol. The second-order valence-electron chi connectivity index (χ2n) is 6.29. The van der Waals surface area contributed by atoms with Crippen LogP contribution in [-0.4, -0.2) is 43.6 Å². The first-order chi connectivity index (χ1) is 14.0. The van der Waals surface area contributed by atoms with Crippen LogP contribution in [0.25, 0.3) is 0 Å². The van der Waals surface area contributed by atoms with Gasteiger partial charge < -0.3 is 14.2 Å². The van der Waals surface area contributed by atoms with Gasteiger partial charge in [-0.05, 0) is 65.5 Å². The average molecular weight is 482 g/mol. The van der Waals surface area contributed by atoms with E-state index in [1.165, 1.54) is 26.2 Å². The highest BCUT2D eigenvalue weighted by Crippen LogP contribution is 2.35. The normalized spacial score (nSPS) is 19.9. The summed E-state index contributed by atoms with van der Waals surface area (Å²) >= 11 is 4.53. The van der Waals surface area contributed by atoms with Gasteiger partial charge >= 0.3 is 5.97 Å². The zero-order valence-corrected chi connectivity index (χ0v) is 18.3. The first kappa shape index (κ1) is 21.4. The summed E-state index contributed by atoms with van der Waals surface area (Å²) in [7, 11) is 2.83. The highest BCUT2D eigenvalue weighted by molar-refractivity contribution is 9.10. The zero-order valence-electron chi connectivity index (χ0n) is 15.9. The zero-order chi connectivity index (χ0) is 20.8. The third-order valence-electron chi connectivity index (χ3n) is 4.33. The standard InChI is InChI=1S/C19H20BrN3O5S/c1-26-14-7-11(13(20)8-15(14)28-12-5-3-4-6-12)10-21-23-19-22-18(25)16(29-19)9-17(24)27-2/h7-10,12H,3-6H2,1-2H3,(H,22,23,25)/b16-9+,21-10?. The van der Waals surface area contributed by atoms with Crippen molar-refractivity contribution in [3.63, 3.8) is 0 Å². The third kappa shape index (κ3) is 5.60. The van der Waals surface area contributed by atoms with Crippen molar-refractivity contribution in [2.45, 2.75) is 31.8 Å². The Bertz CT molecular complexity index is 894. The maximum absolute atomic E-state index is 11.8. The van der Waals surface area contributed by atoms with Gasteiger partial charge in [0.1, 0.15) is 0 Å². The number of ether oxygens (including phenoxy) is 3. The van der Waals surface area contributed by atoms with Gasteiger partial charge in [-0.2, -0.15) is 5.10 Å². The second-order valence-corrected chi connectivity index (χ2v) is 8.17. The van der Waals surface area contributed by atoms with E-state index in [1.807, 2.05) is 6.07 Å². The predicted molar refractivity (Wildman–Crippen MR) is 114 cm³/mol. The lowest BCUT2D eigenvalue weighted by atomic mass is 10.2. The van der Waals surface area contributed by atoms with Crippen molar-refractivity contribution in [3.8, 4) is 11.5 Å². The second kappa shape index (κ2) is 9.93. The minimum atomic E-state index is -0.608. The largest absolute Gasteiger partial charge is 0.493 e. The highest BCUT2D eigenvalue weighted by Gasteiger charge is 2.25. The van der Waals surface area contributed by atoms with E-state index in [4.69, 9.17) is 9.47 Å². The summed E-state index contributed by atoms with van der Waals surface area (Å²) in [5.41, 5.74) is 0.740. The molecule has 1 aromatic carbocycles. The van der Waals surface area contributed by atoms with Gasteiger partial charge in [0, 0.05) is 16.1 Å². The number of halogens is 1. The number of amidine groups is 1. The number of hydrogen-bond acceptors (Lipinski definition) is 8. The molecule has 1 saturated carbocycles. The van der Waals surface area contributed by atoms with Crippen LogP contribution in [0.3, 0.4) is 0 Å². The first-order valence-corrected chi connectivity index (χ1v) is 10.5. The molecule has 0 spiro atoms. The van der Waals surface area contributed by atoms with E-state index in [0.717, 1.165) is 40.7 Å². The molecule has 1 heterocycles. The molecule has 1 aliphatic carbocycles. The number of hydrogen-bond donors (Lipinski definition) is 1. The number of benzene rings is 1. The van der Waals surface area contributed by atoms with Gasteiger partial charge in [-0.1, -0.05) is 0 Å². The van der Waals surface area contributed by atoms with Crippen LogP contribution in [0.2, 0.25) is 0 Å². The summed E-state index contributed by atoms with van der Waals surface area (Å²) in [5, 5.41) is 10.8. The Morgan fingerprint density at radius 2 is 2.03 bits per heavy atom. The van der Waals surface area contributed by atoms with E-state index in [-0.39, 0.29) is 16.2 Å². The molecule has 154 valence electrons. The summed E-state index contributed by atoms with van der Waals surface area (Å²) in [6, 6.07) is 3.66. The summed E-state index contributed by atoms with van der Waals surface area (Å²) in [5.74, 6) is 0.265. The van der Waals surface area contributed by atoms with E-state index in [1.54, 1.807) is 13.2 Å². The lowest BCUT2D eigenvalue weighted by molar-refractivity contribution is -0.135. The van der Waals surface area contributed by atoms with Crippen LogP contribution in [0.15, 0.2) is 37.8 Å². The molecule has 0 bridgehead atoms. The summed E-state index contributed by atoms with van der Waals surface area (Å²) in [6.45, 7) is 0. The van der Waals surface area contributed by atoms with Crippen LogP contribution >= 0.6 is 27.7 Å². The minimum absolute atomic E-state index is 0.196. The number of carbonyl (C=O) groups is 2. The van der Waals surface area contributed by atoms with Gasteiger partial charge in [0.05, 0.1) is 31.4 Å². The lowest BCUT2D eigenvalue weighted by Crippen LogP contribution is -2.19. The Balaban J connectivity index is 1.72. The molecule has 2 aliphatic rings. The lowest BCUT2D eigenvalue weighted by Gasteiger charge is -2.17. The first-order valence-electron chi connectivity index (χ1n) is 8.94. The van der Waals surface area contributed by atoms with Gasteiger partial charge in [-0.25, -0.2) is 4.79 Å². The molecule has 0 atom stereocenters. The van der Waals surface area contributed by atoms with Crippen molar-refractivity contribution in [2.75, 3.05) is 14.2 Å². The molecule has 0 radical (unpaired) electrons. The number of esters is 1. The van der Waals surface area contributed by atoms with E-state index < -0.39 is 11.9 Å². The molecule has 0 unspecified atom stereocenters. The van der Waals surface area contributed by atoms with Gasteiger partial charge in [0.15, 0.2) is 16.7 Å². The maximum Gasteiger partial charge on any atom is 0.331 e. The molecule has 3 rings (SSSR count). The molecule has 29 heavy (non-hydrogen) atoms. The molecule has 1 amide bonds. The molecule has 0 aromatic heterocycles. The number of amides is 1. The smallest absolute Gasteiger partial charge is 0.331 e. The monoisotopic (exact) mass is 481 g/mol. The molecule has 1 N–H and O–H groups in total. The number of nitrogens with one attached hydrogen (secondary N) is 1. The number of nitrogens with zero attached hydrogens (tertiary/aromatic N) is 2. The molecule has 8 nitrogen and oxygen atoms in total. The molecule has 1 aliphatic heterocycles. The number of carbonyl (C=O) groups excluding carboxylic acids is 2. The predicted octanol–water partition coefficient (Wildman–Crippen LogP) is 3.39. The molecule has 10 heteroatoms. The van der Waals surface area contributed by atoms with Gasteiger partial charge in [-0.15, -0.1) is 5.10 Å². The highest BCUT2D eigenvalue weighted by atomic mass is 79.9. The van der Waals surface area contributed by atoms with E-state index in [9.17, 15) is 9.59 Å². The van der Waals surface area contributed by atoms with Crippen molar-refractivity contribution >= 4 is 51.0 Å². The fourth-order valence-electron chi connectivity index (χ4n) is 2.87. The van der Waals surface area contributed by atoms with Crippen LogP contribution in [0.4, 0.5) is 0 Å². The fraction of sp³-hybridized carbons (Fsp3) is 0.368. The molecule has 2 fully saturated rings. The minimum Gasteiger partial charge on any atom is -0.493 e. The van der Waals surface area contributed by atoms with Crippen LogP contribution in [0, 0.1) is 0 Å². The van der Waals surface area contributed by atoms with E-state index >= 15 is 0 Å². The van der Waals surface area contributed by atoms with Crippen molar-refractivity contribution in [1.82, 2.24) is 5.32 Å². The van der Waals surface area contributed by atoms with Crippen LogP contribution in [0.1, 0.15) is 31.2 Å². The number of methoxy groups -OCH3 is 2. The Hall–Kier alpha value is -2.33. The molecule has 1 aromatic rings. The number of thioether (sulfide) groups is 1. The molecular formula is C19H20BrN3O5S. The quantitative estimate of drug-likeness (QED) is 0.289. The van der Waals surface area contributed by atoms with E-state index in [0.29, 0.717) is 11.5 Å². The van der Waals surface area contributed by atoms with Crippen molar-refractivity contribution in [2.24, 2.45) is 10.2 Å². The maximum atomic E-state index is 11.8. The van der Waals surface area contributed by atoms with Gasteiger partial charge in [0.25, 0.3) is 5.91 Å². The van der Waals surface area contributed by atoms with Crippen LogP contribution in [0.5, 0.6) is 11.5 Å². The van der Waals surface area contributed by atoms with Crippen LogP contribution < -0.4 is 14.8 Å². The summed E-state index contributed by atoms with van der Waals surface area (Å²) in [4.78, 5) is 23.3. The van der Waals surface area contributed by atoms with Crippen molar-refractivity contribution in [1.29, 1.82) is 0 Å². The topological polar surface area (TPSA) is 98.6 Å². The Morgan fingerprint density at radius 1 is 1.28 bits per heavy atom. The average Bonchev–Trinajstić information content (AvgIpc) is 3.33. The van der Waals surface area contributed by atoms with Crippen molar-refractivity contribution in [3.05, 3.63) is 33.2 Å². The van der Waals surface area contributed by atoms with Gasteiger partial charge in [-0.3, -0.25) is 10.1 Å². The third-order valence-corrected chi connectivity index (χ3v) is 5.91. The number of rotatable bonds is 6. The van der Waals surface area contributed by atoms with E-state index in [2.05, 4.69) is 36.2 Å². The Morgan fingerprint density at radius 3 is 2.72 bits per heavy atom. The summed E-state index contributed by atoms with van der Waals surface area (Å²) < 4.78 is 16.8. The Kier molecular flexibility index (Phi) is 7.32. The fourth-order valence-corrected chi connectivity index (χ4v) is 4.04. The van der Waals surface area contributed by atoms with Crippen molar-refractivity contribution < 1.29 is 23.8 Å². The summed E-state index contributed by atoms with van der Waals surface area (Å²) in [6.07, 6.45) is 7.34. The molecule has 1 saturated heterocycles.